The third kappa shape index (κ3) is 4.44. The molecule has 2 N–H and O–H groups in total. The van der Waals surface area contributed by atoms with Crippen LogP contribution < -0.4 is 10.6 Å². The van der Waals surface area contributed by atoms with Crippen LogP contribution in [0.5, 0.6) is 0 Å². The third-order valence-electron chi connectivity index (χ3n) is 2.77. The predicted octanol–water partition coefficient (Wildman–Crippen LogP) is 3.22. The van der Waals surface area contributed by atoms with E-state index < -0.39 is 0 Å². The van der Waals surface area contributed by atoms with Gasteiger partial charge < -0.3 is 15.4 Å². The lowest BCUT2D eigenvalue weighted by molar-refractivity contribution is 0.0526. The van der Waals surface area contributed by atoms with Crippen LogP contribution in [0.3, 0.4) is 0 Å². The van der Waals surface area contributed by atoms with Crippen molar-refractivity contribution in [2.24, 2.45) is 0 Å². The van der Waals surface area contributed by atoms with Gasteiger partial charge in [0.05, 0.1) is 12.2 Å². The van der Waals surface area contributed by atoms with Crippen molar-refractivity contribution in [1.29, 1.82) is 0 Å². The van der Waals surface area contributed by atoms with Gasteiger partial charge in [0.1, 0.15) is 18.0 Å². The lowest BCUT2D eigenvalue weighted by Gasteiger charge is -2.11. The van der Waals surface area contributed by atoms with Gasteiger partial charge in [0, 0.05) is 17.8 Å². The van der Waals surface area contributed by atoms with E-state index in [1.54, 1.807) is 19.1 Å². The molecule has 0 aliphatic heterocycles. The number of aromatic nitrogens is 2. The van der Waals surface area contributed by atoms with Crippen LogP contribution in [0.1, 0.15) is 31.1 Å². The monoisotopic (exact) mass is 300 g/mol. The summed E-state index contributed by atoms with van der Waals surface area (Å²) >= 11 is 0. The van der Waals surface area contributed by atoms with Gasteiger partial charge in [-0.05, 0) is 45.0 Å². The second-order valence-electron chi connectivity index (χ2n) is 5.01. The zero-order valence-electron chi connectivity index (χ0n) is 13.0. The summed E-state index contributed by atoms with van der Waals surface area (Å²) in [6.45, 7) is 6.24. The van der Waals surface area contributed by atoms with E-state index in [9.17, 15) is 4.79 Å². The number of benzene rings is 1. The van der Waals surface area contributed by atoms with Gasteiger partial charge in [-0.25, -0.2) is 14.8 Å². The van der Waals surface area contributed by atoms with Gasteiger partial charge in [-0.15, -0.1) is 0 Å². The van der Waals surface area contributed by atoms with Gasteiger partial charge in [0.2, 0.25) is 0 Å². The van der Waals surface area contributed by atoms with E-state index in [2.05, 4.69) is 20.6 Å². The molecule has 0 amide bonds. The van der Waals surface area contributed by atoms with Crippen LogP contribution in [0, 0.1) is 0 Å². The van der Waals surface area contributed by atoms with Crippen molar-refractivity contribution in [3.63, 3.8) is 0 Å². The summed E-state index contributed by atoms with van der Waals surface area (Å²) in [5.74, 6) is 1.12. The molecule has 0 radical (unpaired) electrons. The molecule has 1 heterocycles. The minimum Gasteiger partial charge on any atom is -0.462 e. The molecular formula is C16H20N4O2. The normalized spacial score (nSPS) is 10.4. The Kier molecular flexibility index (Phi) is 5.30. The van der Waals surface area contributed by atoms with Crippen LogP contribution in [0.15, 0.2) is 36.7 Å². The van der Waals surface area contributed by atoms with E-state index >= 15 is 0 Å². The number of rotatable bonds is 6. The van der Waals surface area contributed by atoms with Crippen molar-refractivity contribution in [2.75, 3.05) is 17.2 Å². The number of carbonyl (C=O) groups excluding carboxylic acids is 1. The van der Waals surface area contributed by atoms with Crippen molar-refractivity contribution in [3.05, 3.63) is 42.2 Å². The van der Waals surface area contributed by atoms with Crippen LogP contribution in [-0.4, -0.2) is 28.6 Å². The minimum atomic E-state index is -0.320. The summed E-state index contributed by atoms with van der Waals surface area (Å²) in [6, 6.07) is 9.18. The average Bonchev–Trinajstić information content (AvgIpc) is 2.48. The van der Waals surface area contributed by atoms with Gasteiger partial charge in [-0.1, -0.05) is 0 Å². The maximum absolute atomic E-state index is 11.6. The lowest BCUT2D eigenvalue weighted by atomic mass is 10.2. The second-order valence-corrected chi connectivity index (χ2v) is 5.01. The Hall–Kier alpha value is -2.63. The highest BCUT2D eigenvalue weighted by atomic mass is 16.5. The Bertz CT molecular complexity index is 626. The van der Waals surface area contributed by atoms with Gasteiger partial charge in [-0.2, -0.15) is 0 Å². The summed E-state index contributed by atoms with van der Waals surface area (Å²) in [7, 11) is 0. The highest BCUT2D eigenvalue weighted by Gasteiger charge is 2.06. The molecule has 0 fully saturated rings. The van der Waals surface area contributed by atoms with E-state index in [4.69, 9.17) is 4.74 Å². The molecule has 0 saturated heterocycles. The summed E-state index contributed by atoms with van der Waals surface area (Å²) in [5, 5.41) is 6.39. The fourth-order valence-electron chi connectivity index (χ4n) is 1.85. The molecule has 6 heteroatoms. The number of ether oxygens (including phenoxy) is 1. The van der Waals surface area contributed by atoms with E-state index in [1.165, 1.54) is 6.33 Å². The Morgan fingerprint density at radius 2 is 1.86 bits per heavy atom. The number of nitrogens with zero attached hydrogens (tertiary/aromatic N) is 2. The number of nitrogens with one attached hydrogen (secondary N) is 2. The molecule has 0 spiro atoms. The Labute approximate surface area is 129 Å². The Morgan fingerprint density at radius 1 is 1.18 bits per heavy atom. The first-order chi connectivity index (χ1) is 10.6. The SMILES string of the molecule is CCOC(=O)c1ccc(Nc2cc(NC(C)C)ncn2)cc1. The molecule has 0 aliphatic carbocycles. The Balaban J connectivity index is 2.06. The van der Waals surface area contributed by atoms with Crippen molar-refractivity contribution in [3.8, 4) is 0 Å². The molecule has 2 rings (SSSR count). The highest BCUT2D eigenvalue weighted by molar-refractivity contribution is 5.89. The maximum Gasteiger partial charge on any atom is 0.338 e. The summed E-state index contributed by atoms with van der Waals surface area (Å²) in [4.78, 5) is 19.9. The zero-order valence-corrected chi connectivity index (χ0v) is 13.0. The van der Waals surface area contributed by atoms with Crippen molar-refractivity contribution in [1.82, 2.24) is 9.97 Å². The topological polar surface area (TPSA) is 76.1 Å². The Morgan fingerprint density at radius 3 is 2.50 bits per heavy atom. The first-order valence-corrected chi connectivity index (χ1v) is 7.21. The smallest absolute Gasteiger partial charge is 0.338 e. The molecule has 6 nitrogen and oxygen atoms in total. The van der Waals surface area contributed by atoms with Crippen LogP contribution in [-0.2, 0) is 4.74 Å². The van der Waals surface area contributed by atoms with Crippen molar-refractivity contribution >= 4 is 23.3 Å². The van der Waals surface area contributed by atoms with Gasteiger partial charge in [0.25, 0.3) is 0 Å². The molecule has 22 heavy (non-hydrogen) atoms. The number of hydrogen-bond donors (Lipinski definition) is 2. The standard InChI is InChI=1S/C16H20N4O2/c1-4-22-16(21)12-5-7-13(8-6-12)20-15-9-14(17-10-18-15)19-11(2)3/h5-11H,4H2,1-3H3,(H2,17,18,19,20). The van der Waals surface area contributed by atoms with E-state index in [0.29, 0.717) is 24.0 Å². The molecule has 1 aromatic heterocycles. The second kappa shape index (κ2) is 7.40. The highest BCUT2D eigenvalue weighted by Crippen LogP contribution is 2.17. The molecule has 0 bridgehead atoms. The predicted molar refractivity (Wildman–Crippen MR) is 86.5 cm³/mol. The fourth-order valence-corrected chi connectivity index (χ4v) is 1.85. The van der Waals surface area contributed by atoms with E-state index in [0.717, 1.165) is 11.5 Å². The molecule has 0 aliphatic rings. The molecular weight excluding hydrogens is 280 g/mol. The molecule has 1 aromatic carbocycles. The first kappa shape index (κ1) is 15.8. The van der Waals surface area contributed by atoms with Gasteiger partial charge in [-0.3, -0.25) is 0 Å². The largest absolute Gasteiger partial charge is 0.462 e. The molecule has 2 aromatic rings. The van der Waals surface area contributed by atoms with Crippen LogP contribution in [0.2, 0.25) is 0 Å². The van der Waals surface area contributed by atoms with Gasteiger partial charge >= 0.3 is 5.97 Å². The molecule has 0 unspecified atom stereocenters. The average molecular weight is 300 g/mol. The van der Waals surface area contributed by atoms with Crippen molar-refractivity contribution in [2.45, 2.75) is 26.8 Å². The van der Waals surface area contributed by atoms with Crippen LogP contribution in [0.25, 0.3) is 0 Å². The summed E-state index contributed by atoms with van der Waals surface area (Å²) in [5.41, 5.74) is 1.36. The zero-order chi connectivity index (χ0) is 15.9. The first-order valence-electron chi connectivity index (χ1n) is 7.21. The number of hydrogen-bond acceptors (Lipinski definition) is 6. The molecule has 0 atom stereocenters. The lowest BCUT2D eigenvalue weighted by Crippen LogP contribution is -2.11. The number of esters is 1. The molecule has 116 valence electrons. The van der Waals surface area contributed by atoms with Crippen LogP contribution >= 0.6 is 0 Å². The van der Waals surface area contributed by atoms with Crippen LogP contribution in [0.4, 0.5) is 17.3 Å². The van der Waals surface area contributed by atoms with Gasteiger partial charge in [0.15, 0.2) is 0 Å². The third-order valence-corrected chi connectivity index (χ3v) is 2.77. The number of carbonyl (C=O) groups is 1. The quantitative estimate of drug-likeness (QED) is 0.798. The fraction of sp³-hybridized carbons (Fsp3) is 0.312. The maximum atomic E-state index is 11.6. The summed E-state index contributed by atoms with van der Waals surface area (Å²) < 4.78 is 4.95. The van der Waals surface area contributed by atoms with Crippen molar-refractivity contribution < 1.29 is 9.53 Å². The minimum absolute atomic E-state index is 0.298. The number of anilines is 3. The van der Waals surface area contributed by atoms with E-state index in [1.807, 2.05) is 32.0 Å². The molecule has 0 saturated carbocycles. The van der Waals surface area contributed by atoms with E-state index in [-0.39, 0.29) is 5.97 Å². The summed E-state index contributed by atoms with van der Waals surface area (Å²) in [6.07, 6.45) is 1.50.